The van der Waals surface area contributed by atoms with Gasteiger partial charge in [-0.05, 0) is 153 Å². The van der Waals surface area contributed by atoms with Gasteiger partial charge in [-0.1, -0.05) is 152 Å². The Kier molecular flexibility index (Phi) is 10.7. The van der Waals surface area contributed by atoms with Gasteiger partial charge in [0.25, 0.3) is 0 Å². The van der Waals surface area contributed by atoms with Crippen LogP contribution in [0, 0.1) is 18.3 Å². The van der Waals surface area contributed by atoms with Crippen molar-refractivity contribution in [2.45, 2.75) is 6.92 Å². The normalized spacial score (nSPS) is 12.1. The second-order valence-electron chi connectivity index (χ2n) is 24.6. The van der Waals surface area contributed by atoms with Crippen molar-refractivity contribution < 1.29 is 0 Å². The summed E-state index contributed by atoms with van der Waals surface area (Å²) in [4.78, 5) is 5.46. The summed E-state index contributed by atoms with van der Waals surface area (Å²) >= 11 is 0. The summed E-state index contributed by atoms with van der Waals surface area (Å²) in [6.07, 6.45) is 0. The van der Waals surface area contributed by atoms with E-state index in [9.17, 15) is 5.26 Å². The monoisotopic (exact) mass is 1180 g/mol. The van der Waals surface area contributed by atoms with Gasteiger partial charge in [0, 0.05) is 98.6 Å². The Bertz CT molecular complexity index is 5740. The van der Waals surface area contributed by atoms with Crippen LogP contribution in [0.5, 0.6) is 0 Å². The Morgan fingerprint density at radius 1 is 0.247 bits per heavy atom. The molecule has 0 fully saturated rings. The standard InChI is InChI=1S/C85H52N8/c1-52-19-18-28-70(87-52)85-83(92-79-41-37-54(88-71-29-10-2-20-58(71)59-21-3-11-30-72(59)88)47-66(79)67-48-55(38-42-80(67)92)89-73-31-12-4-22-60(73)61-23-5-13-32-74(61)89)45-53(51-86)46-84(85)93-81-43-39-56(90-75-33-14-6-24-62(75)63-25-7-15-34-76(63)90)49-68(81)69-50-57(40-44-82(69)93)91-77-35-16-8-26-64(77)65-27-9-17-36-78(65)91/h2-50H,1H3. The molecule has 8 heteroatoms. The summed E-state index contributed by atoms with van der Waals surface area (Å²) in [5.41, 5.74) is 22.1. The molecule has 20 aromatic rings. The second-order valence-corrected chi connectivity index (χ2v) is 24.6. The lowest BCUT2D eigenvalue weighted by atomic mass is 10.0. The molecule has 432 valence electrons. The molecule has 0 aliphatic carbocycles. The fraction of sp³-hybridized carbons (Fsp3) is 0.0118. The van der Waals surface area contributed by atoms with E-state index in [2.05, 4.69) is 338 Å². The number of pyridine rings is 1. The molecular weight excluding hydrogens is 1130 g/mol. The number of rotatable bonds is 7. The molecular formula is C85H52N8. The minimum absolute atomic E-state index is 0.522. The van der Waals surface area contributed by atoms with Crippen molar-refractivity contribution in [1.82, 2.24) is 32.4 Å². The van der Waals surface area contributed by atoms with Crippen molar-refractivity contribution in [3.8, 4) is 51.5 Å². The molecule has 7 aromatic heterocycles. The maximum absolute atomic E-state index is 11.6. The van der Waals surface area contributed by atoms with Gasteiger partial charge in [0.2, 0.25) is 0 Å². The maximum atomic E-state index is 11.6. The van der Waals surface area contributed by atoms with E-state index in [0.29, 0.717) is 5.56 Å². The summed E-state index contributed by atoms with van der Waals surface area (Å²) < 4.78 is 14.4. The molecule has 0 aliphatic rings. The first kappa shape index (κ1) is 51.2. The van der Waals surface area contributed by atoms with Gasteiger partial charge >= 0.3 is 0 Å². The Balaban J connectivity index is 0.901. The van der Waals surface area contributed by atoms with Crippen molar-refractivity contribution in [2.75, 3.05) is 0 Å². The highest BCUT2D eigenvalue weighted by Crippen LogP contribution is 2.46. The molecule has 0 saturated carbocycles. The van der Waals surface area contributed by atoms with Gasteiger partial charge in [0.15, 0.2) is 0 Å². The Labute approximate surface area is 532 Å². The topological polar surface area (TPSA) is 66.3 Å². The minimum atomic E-state index is 0.522. The number of aromatic nitrogens is 7. The van der Waals surface area contributed by atoms with E-state index in [1.165, 1.54) is 43.1 Å². The first-order chi connectivity index (χ1) is 46.0. The van der Waals surface area contributed by atoms with Crippen LogP contribution in [0.3, 0.4) is 0 Å². The third-order valence-corrected chi connectivity index (χ3v) is 19.7. The predicted molar refractivity (Wildman–Crippen MR) is 385 cm³/mol. The first-order valence-corrected chi connectivity index (χ1v) is 31.7. The molecule has 7 heterocycles. The van der Waals surface area contributed by atoms with Crippen LogP contribution in [0.4, 0.5) is 0 Å². The molecule has 93 heavy (non-hydrogen) atoms. The maximum Gasteiger partial charge on any atom is 0.0993 e. The average Bonchev–Trinajstić information content (AvgIpc) is 1.60. The minimum Gasteiger partial charge on any atom is -0.309 e. The highest BCUT2D eigenvalue weighted by molar-refractivity contribution is 6.17. The van der Waals surface area contributed by atoms with Crippen LogP contribution in [-0.4, -0.2) is 32.4 Å². The van der Waals surface area contributed by atoms with Crippen LogP contribution < -0.4 is 0 Å². The molecule has 8 nitrogen and oxygen atoms in total. The Morgan fingerprint density at radius 2 is 0.495 bits per heavy atom. The smallest absolute Gasteiger partial charge is 0.0993 e. The molecule has 0 radical (unpaired) electrons. The third-order valence-electron chi connectivity index (χ3n) is 19.7. The van der Waals surface area contributed by atoms with E-state index in [4.69, 9.17) is 4.98 Å². The lowest BCUT2D eigenvalue weighted by Crippen LogP contribution is -2.06. The number of nitriles is 1. The number of para-hydroxylation sites is 8. The first-order valence-electron chi connectivity index (χ1n) is 31.7. The summed E-state index contributed by atoms with van der Waals surface area (Å²) in [5.74, 6) is 0. The molecule has 0 N–H and O–H groups in total. The summed E-state index contributed by atoms with van der Waals surface area (Å²) in [7, 11) is 0. The van der Waals surface area contributed by atoms with Crippen molar-refractivity contribution in [2.24, 2.45) is 0 Å². The number of aryl methyl sites for hydroxylation is 1. The van der Waals surface area contributed by atoms with Crippen molar-refractivity contribution in [3.05, 3.63) is 309 Å². The number of nitrogens with zero attached hydrogens (tertiary/aromatic N) is 8. The zero-order valence-corrected chi connectivity index (χ0v) is 50.4. The fourth-order valence-electron chi connectivity index (χ4n) is 15.9. The van der Waals surface area contributed by atoms with Gasteiger partial charge in [-0.25, -0.2) is 0 Å². The SMILES string of the molecule is Cc1cccc(-c2c(-n3c4ccc(-n5c6ccccc6c6ccccc65)cc4c4cc(-n5c6ccccc6c6ccccc65)ccc43)cc(C#N)cc2-n2c3ccc(-n4c5ccccc5c5ccccc54)cc3c3cc(-n4c5ccccc5c5ccccc54)ccc32)n1. The van der Waals surface area contributed by atoms with Gasteiger partial charge in [0.05, 0.1) is 94.9 Å². The van der Waals surface area contributed by atoms with E-state index in [1.54, 1.807) is 0 Å². The molecule has 0 aliphatic heterocycles. The molecule has 0 atom stereocenters. The molecule has 13 aromatic carbocycles. The predicted octanol–water partition coefficient (Wildman–Crippen LogP) is 21.5. The lowest BCUT2D eigenvalue weighted by molar-refractivity contribution is 1.11. The number of fused-ring (bicyclic) bond motifs is 18. The van der Waals surface area contributed by atoms with E-state index >= 15 is 0 Å². The molecule has 0 unspecified atom stereocenters. The number of benzene rings is 13. The fourth-order valence-corrected chi connectivity index (χ4v) is 15.9. The van der Waals surface area contributed by atoms with Crippen LogP contribution in [0.2, 0.25) is 0 Å². The molecule has 0 saturated heterocycles. The molecule has 0 amide bonds. The van der Waals surface area contributed by atoms with Gasteiger partial charge in [-0.3, -0.25) is 4.98 Å². The Hall–Kier alpha value is -12.7. The largest absolute Gasteiger partial charge is 0.309 e. The van der Waals surface area contributed by atoms with Crippen molar-refractivity contribution in [1.29, 1.82) is 5.26 Å². The highest BCUT2D eigenvalue weighted by atomic mass is 15.1. The summed E-state index contributed by atoms with van der Waals surface area (Å²) in [5, 5.41) is 25.5. The van der Waals surface area contributed by atoms with Crippen LogP contribution in [0.25, 0.3) is 176 Å². The van der Waals surface area contributed by atoms with Gasteiger partial charge in [-0.2, -0.15) is 5.26 Å². The molecule has 20 rings (SSSR count). The van der Waals surface area contributed by atoms with E-state index in [0.717, 1.165) is 139 Å². The number of hydrogen-bond acceptors (Lipinski definition) is 2. The van der Waals surface area contributed by atoms with Crippen LogP contribution in [-0.2, 0) is 0 Å². The zero-order chi connectivity index (χ0) is 61.2. The van der Waals surface area contributed by atoms with Crippen molar-refractivity contribution in [3.63, 3.8) is 0 Å². The van der Waals surface area contributed by atoms with E-state index in [-0.39, 0.29) is 0 Å². The third kappa shape index (κ3) is 7.27. The summed E-state index contributed by atoms with van der Waals surface area (Å²) in [6, 6.07) is 111. The quantitative estimate of drug-likeness (QED) is 0.160. The average molecular weight is 1190 g/mol. The lowest BCUT2D eigenvalue weighted by Gasteiger charge is -2.21. The van der Waals surface area contributed by atoms with Gasteiger partial charge in [-0.15, -0.1) is 0 Å². The van der Waals surface area contributed by atoms with Gasteiger partial charge < -0.3 is 27.4 Å². The number of hydrogen-bond donors (Lipinski definition) is 0. The second kappa shape index (κ2) is 19.4. The van der Waals surface area contributed by atoms with E-state index in [1.807, 2.05) is 0 Å². The van der Waals surface area contributed by atoms with Crippen LogP contribution in [0.15, 0.2) is 297 Å². The zero-order valence-electron chi connectivity index (χ0n) is 50.4. The molecule has 0 bridgehead atoms. The van der Waals surface area contributed by atoms with Gasteiger partial charge in [0.1, 0.15) is 0 Å². The van der Waals surface area contributed by atoms with Crippen LogP contribution in [0.1, 0.15) is 11.3 Å². The molecule has 0 spiro atoms. The van der Waals surface area contributed by atoms with Crippen molar-refractivity contribution >= 4 is 131 Å². The Morgan fingerprint density at radius 3 is 0.742 bits per heavy atom. The highest BCUT2D eigenvalue weighted by Gasteiger charge is 2.27. The van der Waals surface area contributed by atoms with E-state index < -0.39 is 0 Å². The van der Waals surface area contributed by atoms with Crippen LogP contribution >= 0.6 is 0 Å². The summed E-state index contributed by atoms with van der Waals surface area (Å²) in [6.45, 7) is 2.06.